The molecular formula is C25H30N6O2. The molecule has 8 nitrogen and oxygen atoms in total. The largest absolute Gasteiger partial charge is 0.355 e. The predicted molar refractivity (Wildman–Crippen MR) is 126 cm³/mol. The molecule has 5 rings (SSSR count). The van der Waals surface area contributed by atoms with E-state index in [9.17, 15) is 9.59 Å². The number of aromatic nitrogens is 3. The minimum Gasteiger partial charge on any atom is -0.355 e. The molecule has 3 heterocycles. The van der Waals surface area contributed by atoms with Crippen LogP contribution in [0.25, 0.3) is 5.65 Å². The Morgan fingerprint density at radius 2 is 2.00 bits per heavy atom. The van der Waals surface area contributed by atoms with E-state index in [1.165, 1.54) is 0 Å². The van der Waals surface area contributed by atoms with E-state index in [-0.39, 0.29) is 36.6 Å². The number of hydrogen-bond acceptors (Lipinski definition) is 6. The Bertz CT molecular complexity index is 1210. The molecule has 1 aromatic carbocycles. The van der Waals surface area contributed by atoms with Gasteiger partial charge < -0.3 is 15.5 Å². The van der Waals surface area contributed by atoms with Crippen molar-refractivity contribution in [2.45, 2.75) is 50.6 Å². The second-order valence-corrected chi connectivity index (χ2v) is 9.55. The second kappa shape index (κ2) is 7.95. The van der Waals surface area contributed by atoms with Crippen LogP contribution in [0.5, 0.6) is 0 Å². The smallest absolute Gasteiger partial charge is 0.234 e. The molecule has 0 unspecified atom stereocenters. The lowest BCUT2D eigenvalue weighted by molar-refractivity contribution is -0.148. The summed E-state index contributed by atoms with van der Waals surface area (Å²) in [5, 5.41) is 4.72. The van der Waals surface area contributed by atoms with Gasteiger partial charge in [0.05, 0.1) is 17.2 Å². The molecule has 172 valence electrons. The molecule has 1 amide bonds. The maximum absolute atomic E-state index is 13.6. The molecule has 1 aliphatic heterocycles. The Kier molecular flexibility index (Phi) is 5.20. The summed E-state index contributed by atoms with van der Waals surface area (Å²) in [4.78, 5) is 34.4. The number of nitrogens with two attached hydrogens (primary N) is 1. The van der Waals surface area contributed by atoms with Crippen molar-refractivity contribution in [2.24, 2.45) is 5.73 Å². The van der Waals surface area contributed by atoms with Gasteiger partial charge in [0.2, 0.25) is 5.91 Å². The van der Waals surface area contributed by atoms with Crippen molar-refractivity contribution >= 4 is 23.2 Å². The van der Waals surface area contributed by atoms with E-state index in [1.54, 1.807) is 16.5 Å². The van der Waals surface area contributed by atoms with E-state index < -0.39 is 5.41 Å². The van der Waals surface area contributed by atoms with Gasteiger partial charge in [0.15, 0.2) is 5.65 Å². The summed E-state index contributed by atoms with van der Waals surface area (Å²) in [5.74, 6) is 1.01. The van der Waals surface area contributed by atoms with Gasteiger partial charge in [-0.1, -0.05) is 30.3 Å². The van der Waals surface area contributed by atoms with Crippen LogP contribution in [0.2, 0.25) is 0 Å². The van der Waals surface area contributed by atoms with E-state index >= 15 is 0 Å². The van der Waals surface area contributed by atoms with Gasteiger partial charge in [-0.3, -0.25) is 9.59 Å². The van der Waals surface area contributed by atoms with E-state index in [2.05, 4.69) is 4.90 Å². The highest BCUT2D eigenvalue weighted by Crippen LogP contribution is 2.43. The number of carbonyl (C=O) groups is 2. The third kappa shape index (κ3) is 3.58. The zero-order chi connectivity index (χ0) is 23.3. The first-order valence-corrected chi connectivity index (χ1v) is 11.5. The summed E-state index contributed by atoms with van der Waals surface area (Å²) in [7, 11) is 1.79. The Hall–Kier alpha value is -3.26. The van der Waals surface area contributed by atoms with Crippen LogP contribution in [0, 0.1) is 6.92 Å². The number of nitrogens with zero attached hydrogens (tertiary/aromatic N) is 5. The van der Waals surface area contributed by atoms with Crippen molar-refractivity contribution in [3.8, 4) is 0 Å². The van der Waals surface area contributed by atoms with Gasteiger partial charge in [0, 0.05) is 56.8 Å². The fourth-order valence-electron chi connectivity index (χ4n) is 5.09. The molecule has 2 N–H and O–H groups in total. The zero-order valence-electron chi connectivity index (χ0n) is 19.4. The first kappa shape index (κ1) is 21.6. The summed E-state index contributed by atoms with van der Waals surface area (Å²) in [6, 6.07) is 11.5. The second-order valence-electron chi connectivity index (χ2n) is 9.55. The maximum atomic E-state index is 13.6. The SMILES string of the molecule is Cc1cn2nc([C@H](C)N(C)C(=O)C3(c4ccccc4)CC(=O)C3)cc2nc1N1CC[C@H](N)C1. The lowest BCUT2D eigenvalue weighted by Gasteiger charge is -2.43. The Balaban J connectivity index is 1.42. The number of amides is 1. The number of anilines is 1. The number of rotatable bonds is 5. The van der Waals surface area contributed by atoms with Crippen LogP contribution >= 0.6 is 0 Å². The van der Waals surface area contributed by atoms with Crippen molar-refractivity contribution in [1.29, 1.82) is 0 Å². The van der Waals surface area contributed by atoms with Crippen molar-refractivity contribution < 1.29 is 9.59 Å². The molecule has 1 saturated heterocycles. The molecule has 1 saturated carbocycles. The van der Waals surface area contributed by atoms with E-state index in [4.69, 9.17) is 15.8 Å². The average Bonchev–Trinajstić information content (AvgIpc) is 3.40. The fourth-order valence-corrected chi connectivity index (χ4v) is 5.09. The number of aryl methyl sites for hydroxylation is 1. The van der Waals surface area contributed by atoms with E-state index in [0.29, 0.717) is 0 Å². The number of benzene rings is 1. The van der Waals surface area contributed by atoms with Crippen molar-refractivity contribution in [2.75, 3.05) is 25.0 Å². The summed E-state index contributed by atoms with van der Waals surface area (Å²) in [5.41, 5.74) is 8.76. The minimum atomic E-state index is -0.781. The van der Waals surface area contributed by atoms with Gasteiger partial charge in [0.1, 0.15) is 11.6 Å². The zero-order valence-corrected chi connectivity index (χ0v) is 19.4. The molecule has 2 atom stereocenters. The summed E-state index contributed by atoms with van der Waals surface area (Å²) in [6.07, 6.45) is 3.45. The number of fused-ring (bicyclic) bond motifs is 1. The number of ketones is 1. The molecule has 33 heavy (non-hydrogen) atoms. The molecule has 8 heteroatoms. The van der Waals surface area contributed by atoms with Crippen LogP contribution in [0.1, 0.15) is 49.0 Å². The van der Waals surface area contributed by atoms with Crippen LogP contribution in [0.4, 0.5) is 5.82 Å². The normalized spacial score (nSPS) is 20.7. The third-order valence-electron chi connectivity index (χ3n) is 7.21. The van der Waals surface area contributed by atoms with Gasteiger partial charge in [-0.25, -0.2) is 9.50 Å². The van der Waals surface area contributed by atoms with Crippen LogP contribution < -0.4 is 10.6 Å². The average molecular weight is 447 g/mol. The lowest BCUT2D eigenvalue weighted by Crippen LogP contribution is -2.54. The first-order valence-electron chi connectivity index (χ1n) is 11.5. The highest BCUT2D eigenvalue weighted by molar-refractivity contribution is 6.04. The number of hydrogen-bond donors (Lipinski definition) is 1. The van der Waals surface area contributed by atoms with Crippen molar-refractivity contribution in [3.05, 3.63) is 59.4 Å². The molecule has 3 aromatic rings. The molecule has 2 aliphatic rings. The highest BCUT2D eigenvalue weighted by atomic mass is 16.2. The Morgan fingerprint density at radius 1 is 1.27 bits per heavy atom. The fraction of sp³-hybridized carbons (Fsp3) is 0.440. The topological polar surface area (TPSA) is 96.8 Å². The van der Waals surface area contributed by atoms with Gasteiger partial charge in [-0.05, 0) is 25.8 Å². The number of carbonyl (C=O) groups excluding carboxylic acids is 2. The number of likely N-dealkylation sites (N-methyl/N-ethyl adjacent to an activating group) is 1. The van der Waals surface area contributed by atoms with Crippen LogP contribution in [-0.2, 0) is 15.0 Å². The van der Waals surface area contributed by atoms with E-state index in [0.717, 1.165) is 47.8 Å². The van der Waals surface area contributed by atoms with E-state index in [1.807, 2.05) is 56.4 Å². The van der Waals surface area contributed by atoms with Gasteiger partial charge in [-0.15, -0.1) is 0 Å². The van der Waals surface area contributed by atoms with Crippen LogP contribution in [0.15, 0.2) is 42.6 Å². The summed E-state index contributed by atoms with van der Waals surface area (Å²) in [6.45, 7) is 5.70. The van der Waals surface area contributed by atoms with Crippen LogP contribution in [-0.4, -0.2) is 57.4 Å². The predicted octanol–water partition coefficient (Wildman–Crippen LogP) is 2.40. The molecule has 2 aromatic heterocycles. The molecule has 0 radical (unpaired) electrons. The molecule has 0 bridgehead atoms. The lowest BCUT2D eigenvalue weighted by atomic mass is 9.62. The standard InChI is InChI=1S/C25H30N6O2/c1-16-14-31-22(27-23(16)30-10-9-19(26)15-30)11-21(28-31)17(2)29(3)24(33)25(12-20(32)13-25)18-7-5-4-6-8-18/h4-8,11,14,17,19H,9-10,12-13,15,26H2,1-3H3/t17-,19-/m0/s1. The highest BCUT2D eigenvalue weighted by Gasteiger charge is 2.52. The molecule has 1 aliphatic carbocycles. The summed E-state index contributed by atoms with van der Waals surface area (Å²) >= 11 is 0. The maximum Gasteiger partial charge on any atom is 0.234 e. The monoisotopic (exact) mass is 446 g/mol. The quantitative estimate of drug-likeness (QED) is 0.646. The van der Waals surface area contributed by atoms with Gasteiger partial charge in [0.25, 0.3) is 0 Å². The van der Waals surface area contributed by atoms with Gasteiger partial charge >= 0.3 is 0 Å². The third-order valence-corrected chi connectivity index (χ3v) is 7.21. The Labute approximate surface area is 193 Å². The Morgan fingerprint density at radius 3 is 2.64 bits per heavy atom. The molecule has 2 fully saturated rings. The number of Topliss-reactive ketones (excluding diaryl/α,β-unsaturated/α-hetero) is 1. The summed E-state index contributed by atoms with van der Waals surface area (Å²) < 4.78 is 1.78. The van der Waals surface area contributed by atoms with Crippen molar-refractivity contribution in [3.63, 3.8) is 0 Å². The van der Waals surface area contributed by atoms with Crippen LogP contribution in [0.3, 0.4) is 0 Å². The first-order chi connectivity index (χ1) is 15.8. The molecule has 0 spiro atoms. The van der Waals surface area contributed by atoms with Gasteiger partial charge in [-0.2, -0.15) is 5.10 Å². The minimum absolute atomic E-state index is 0.0475. The molecular weight excluding hydrogens is 416 g/mol. The van der Waals surface area contributed by atoms with Crippen molar-refractivity contribution in [1.82, 2.24) is 19.5 Å².